The highest BCUT2D eigenvalue weighted by Crippen LogP contribution is 2.42. The molecule has 0 radical (unpaired) electrons. The zero-order valence-corrected chi connectivity index (χ0v) is 12.6. The minimum atomic E-state index is 0.692. The Hall–Kier alpha value is -0.680. The molecule has 1 atom stereocenters. The normalized spacial score (nSPS) is 22.8. The van der Waals surface area contributed by atoms with Crippen LogP contribution in [0.2, 0.25) is 0 Å². The molecule has 1 aliphatic heterocycles. The van der Waals surface area contributed by atoms with Gasteiger partial charge in [0.2, 0.25) is 0 Å². The van der Waals surface area contributed by atoms with Crippen molar-refractivity contribution in [3.63, 3.8) is 0 Å². The zero-order chi connectivity index (χ0) is 12.5. The van der Waals surface area contributed by atoms with E-state index in [0.29, 0.717) is 5.25 Å². The number of aliphatic imine (C=N–C) groups is 1. The van der Waals surface area contributed by atoms with Crippen molar-refractivity contribution in [1.82, 2.24) is 0 Å². The van der Waals surface area contributed by atoms with Crippen LogP contribution in [0.15, 0.2) is 27.7 Å². The highest BCUT2D eigenvalue weighted by atomic mass is 79.9. The first-order valence-corrected chi connectivity index (χ1v) is 7.75. The molecule has 2 aliphatic rings. The number of halogens is 1. The molecule has 1 aliphatic carbocycles. The largest absolute Gasteiger partial charge is 0.497 e. The third-order valence-electron chi connectivity index (χ3n) is 3.24. The third-order valence-corrected chi connectivity index (χ3v) is 5.22. The van der Waals surface area contributed by atoms with Gasteiger partial charge in [0.15, 0.2) is 5.17 Å². The van der Waals surface area contributed by atoms with E-state index in [1.807, 2.05) is 30.0 Å². The number of rotatable bonds is 3. The van der Waals surface area contributed by atoms with E-state index in [-0.39, 0.29) is 0 Å². The average molecular weight is 327 g/mol. The number of hydrogen-bond acceptors (Lipinski definition) is 4. The Morgan fingerprint density at radius 1 is 1.44 bits per heavy atom. The van der Waals surface area contributed by atoms with Crippen LogP contribution in [0, 0.1) is 5.92 Å². The van der Waals surface area contributed by atoms with Crippen LogP contribution in [0.25, 0.3) is 0 Å². The fourth-order valence-corrected chi connectivity index (χ4v) is 3.58. The van der Waals surface area contributed by atoms with E-state index in [0.717, 1.165) is 33.5 Å². The Balaban J connectivity index is 1.68. The fraction of sp³-hybridized carbons (Fsp3) is 0.462. The van der Waals surface area contributed by atoms with Crippen molar-refractivity contribution in [3.8, 4) is 5.75 Å². The van der Waals surface area contributed by atoms with Gasteiger partial charge in [-0.2, -0.15) is 0 Å². The molecule has 1 aromatic rings. The first-order valence-electron chi connectivity index (χ1n) is 6.08. The van der Waals surface area contributed by atoms with Crippen LogP contribution in [0.5, 0.6) is 5.75 Å². The predicted molar refractivity (Wildman–Crippen MR) is 80.7 cm³/mol. The molecule has 0 aromatic heterocycles. The fourth-order valence-electron chi connectivity index (χ4n) is 2.02. The van der Waals surface area contributed by atoms with Crippen molar-refractivity contribution in [3.05, 3.63) is 22.7 Å². The standard InChI is InChI=1S/C13H15BrN2OS/c1-17-9-4-5-10(14)11(6-9)16-13-15-7-12(18-13)8-2-3-8/h4-6,8,12H,2-3,7H2,1H3,(H,15,16). The number of nitrogens with one attached hydrogen (secondary N) is 1. The van der Waals surface area contributed by atoms with Crippen molar-refractivity contribution in [2.75, 3.05) is 19.0 Å². The summed E-state index contributed by atoms with van der Waals surface area (Å²) in [6.45, 7) is 0.958. The first kappa shape index (κ1) is 12.4. The maximum Gasteiger partial charge on any atom is 0.161 e. The van der Waals surface area contributed by atoms with Gasteiger partial charge in [0.1, 0.15) is 5.75 Å². The second-order valence-electron chi connectivity index (χ2n) is 4.61. The van der Waals surface area contributed by atoms with Crippen LogP contribution in [0.1, 0.15) is 12.8 Å². The molecule has 1 unspecified atom stereocenters. The summed E-state index contributed by atoms with van der Waals surface area (Å²) >= 11 is 5.42. The minimum Gasteiger partial charge on any atom is -0.497 e. The molecule has 0 bridgehead atoms. The quantitative estimate of drug-likeness (QED) is 0.918. The molecular weight excluding hydrogens is 312 g/mol. The average Bonchev–Trinajstić information content (AvgIpc) is 3.13. The maximum atomic E-state index is 5.24. The Labute approximate surface area is 120 Å². The molecule has 1 N–H and O–H groups in total. The number of thioether (sulfide) groups is 1. The number of hydrogen-bond donors (Lipinski definition) is 1. The van der Waals surface area contributed by atoms with Gasteiger partial charge in [-0.25, -0.2) is 0 Å². The number of amidine groups is 1. The summed E-state index contributed by atoms with van der Waals surface area (Å²) in [7, 11) is 1.68. The number of methoxy groups -OCH3 is 1. The Kier molecular flexibility index (Phi) is 3.52. The van der Waals surface area contributed by atoms with E-state index in [9.17, 15) is 0 Å². The smallest absolute Gasteiger partial charge is 0.161 e. The summed E-state index contributed by atoms with van der Waals surface area (Å²) in [5, 5.41) is 5.10. The van der Waals surface area contributed by atoms with Crippen LogP contribution in [0.3, 0.4) is 0 Å². The van der Waals surface area contributed by atoms with Crippen LogP contribution in [0.4, 0.5) is 5.69 Å². The van der Waals surface area contributed by atoms with Gasteiger partial charge in [-0.3, -0.25) is 4.99 Å². The highest BCUT2D eigenvalue weighted by Gasteiger charge is 2.35. The van der Waals surface area contributed by atoms with Gasteiger partial charge in [0.25, 0.3) is 0 Å². The summed E-state index contributed by atoms with van der Waals surface area (Å²) in [6.07, 6.45) is 2.76. The highest BCUT2D eigenvalue weighted by molar-refractivity contribution is 9.10. The summed E-state index contributed by atoms with van der Waals surface area (Å²) in [6, 6.07) is 5.91. The van der Waals surface area contributed by atoms with Crippen LogP contribution < -0.4 is 10.1 Å². The van der Waals surface area contributed by atoms with Gasteiger partial charge in [0, 0.05) is 15.8 Å². The molecule has 1 heterocycles. The summed E-state index contributed by atoms with van der Waals surface area (Å²) in [5.74, 6) is 1.75. The van der Waals surface area contributed by atoms with Gasteiger partial charge in [-0.15, -0.1) is 0 Å². The molecule has 96 valence electrons. The summed E-state index contributed by atoms with van der Waals surface area (Å²) in [4.78, 5) is 4.58. The number of nitrogens with zero attached hydrogens (tertiary/aromatic N) is 1. The van der Waals surface area contributed by atoms with Crippen molar-refractivity contribution >= 4 is 38.5 Å². The summed E-state index contributed by atoms with van der Waals surface area (Å²) in [5.41, 5.74) is 1.01. The zero-order valence-electron chi connectivity index (χ0n) is 10.1. The molecule has 3 rings (SSSR count). The predicted octanol–water partition coefficient (Wildman–Crippen LogP) is 3.75. The van der Waals surface area contributed by atoms with Gasteiger partial charge in [-0.1, -0.05) is 11.8 Å². The van der Waals surface area contributed by atoms with E-state index in [1.54, 1.807) is 7.11 Å². The molecule has 1 aromatic carbocycles. The Morgan fingerprint density at radius 2 is 2.28 bits per heavy atom. The van der Waals surface area contributed by atoms with Crippen LogP contribution in [-0.2, 0) is 0 Å². The van der Waals surface area contributed by atoms with Gasteiger partial charge < -0.3 is 10.1 Å². The van der Waals surface area contributed by atoms with E-state index >= 15 is 0 Å². The number of ether oxygens (including phenoxy) is 1. The van der Waals surface area contributed by atoms with Crippen molar-refractivity contribution < 1.29 is 4.74 Å². The molecule has 0 spiro atoms. The Bertz CT molecular complexity index is 488. The van der Waals surface area contributed by atoms with E-state index in [4.69, 9.17) is 4.74 Å². The minimum absolute atomic E-state index is 0.692. The monoisotopic (exact) mass is 326 g/mol. The van der Waals surface area contributed by atoms with E-state index in [1.165, 1.54) is 12.8 Å². The van der Waals surface area contributed by atoms with Gasteiger partial charge in [0.05, 0.1) is 19.3 Å². The SMILES string of the molecule is COc1ccc(Br)c(NC2=NCC(C3CC3)S2)c1. The Morgan fingerprint density at radius 3 is 3.00 bits per heavy atom. The molecule has 0 saturated heterocycles. The lowest BCUT2D eigenvalue weighted by Gasteiger charge is -2.10. The molecule has 18 heavy (non-hydrogen) atoms. The van der Waals surface area contributed by atoms with Crippen molar-refractivity contribution in [2.45, 2.75) is 18.1 Å². The van der Waals surface area contributed by atoms with E-state index in [2.05, 4.69) is 26.2 Å². The van der Waals surface area contributed by atoms with E-state index < -0.39 is 0 Å². The lowest BCUT2D eigenvalue weighted by atomic mass is 10.3. The second kappa shape index (κ2) is 5.13. The first-order chi connectivity index (χ1) is 8.76. The molecular formula is C13H15BrN2OS. The molecule has 0 amide bonds. The third kappa shape index (κ3) is 2.67. The molecule has 3 nitrogen and oxygen atoms in total. The lowest BCUT2D eigenvalue weighted by molar-refractivity contribution is 0.415. The number of benzene rings is 1. The maximum absolute atomic E-state index is 5.24. The summed E-state index contributed by atoms with van der Waals surface area (Å²) < 4.78 is 6.27. The molecule has 1 fully saturated rings. The van der Waals surface area contributed by atoms with Gasteiger partial charge in [-0.05, 0) is 46.8 Å². The van der Waals surface area contributed by atoms with Crippen LogP contribution in [-0.4, -0.2) is 24.1 Å². The topological polar surface area (TPSA) is 33.6 Å². The number of anilines is 1. The van der Waals surface area contributed by atoms with Crippen molar-refractivity contribution in [2.24, 2.45) is 10.9 Å². The van der Waals surface area contributed by atoms with Crippen molar-refractivity contribution in [1.29, 1.82) is 0 Å². The second-order valence-corrected chi connectivity index (χ2v) is 6.69. The molecule has 5 heteroatoms. The molecule has 1 saturated carbocycles. The lowest BCUT2D eigenvalue weighted by Crippen LogP contribution is -2.09. The van der Waals surface area contributed by atoms with Gasteiger partial charge >= 0.3 is 0 Å². The van der Waals surface area contributed by atoms with Crippen LogP contribution >= 0.6 is 27.7 Å².